The van der Waals surface area contributed by atoms with Crippen molar-refractivity contribution in [3.05, 3.63) is 35.6 Å². The van der Waals surface area contributed by atoms with E-state index in [0.29, 0.717) is 30.8 Å². The molecule has 0 unspecified atom stereocenters. The number of nitrogens with two attached hydrogens (primary N) is 1. The molecule has 1 fully saturated rings. The molecule has 126 valence electrons. The van der Waals surface area contributed by atoms with Gasteiger partial charge >= 0.3 is 6.03 Å². The summed E-state index contributed by atoms with van der Waals surface area (Å²) in [6.45, 7) is 1.10. The molecule has 2 rings (SSSR count). The number of thioether (sulfide) groups is 1. The number of carbonyl (C=O) groups excluding carboxylic acids is 2. The Kier molecular flexibility index (Phi) is 6.70. The van der Waals surface area contributed by atoms with Gasteiger partial charge in [-0.25, -0.2) is 9.18 Å². The normalized spacial score (nSPS) is 17.3. The first kappa shape index (κ1) is 17.6. The Hall–Kier alpha value is -1.76. The molecule has 0 radical (unpaired) electrons. The quantitative estimate of drug-likeness (QED) is 0.747. The molecule has 5 nitrogen and oxygen atoms in total. The number of benzene rings is 1. The van der Waals surface area contributed by atoms with Gasteiger partial charge in [0.15, 0.2) is 0 Å². The molecule has 1 aromatic carbocycles. The molecule has 1 heterocycles. The average molecular weight is 339 g/mol. The molecule has 0 saturated carbocycles. The third-order valence-corrected chi connectivity index (χ3v) is 4.91. The van der Waals surface area contributed by atoms with Crippen LogP contribution in [-0.4, -0.2) is 41.7 Å². The predicted molar refractivity (Wildman–Crippen MR) is 89.5 cm³/mol. The standard InChI is InChI=1S/C16H22FN3O2S/c17-13-6-2-1-5-12(13)11-23-10-4-8-19-15(21)14-7-3-9-20(14)16(18)22/h1-2,5-6,14H,3-4,7-11H2,(H2,18,22)(H,19,21)/t14-/m0/s1. The highest BCUT2D eigenvalue weighted by Crippen LogP contribution is 2.17. The molecule has 0 spiro atoms. The second kappa shape index (κ2) is 8.76. The van der Waals surface area contributed by atoms with Gasteiger partial charge in [0.2, 0.25) is 5.91 Å². The van der Waals surface area contributed by atoms with Crippen molar-refractivity contribution in [2.24, 2.45) is 5.73 Å². The zero-order valence-corrected chi connectivity index (χ0v) is 13.8. The molecule has 1 atom stereocenters. The molecule has 1 aliphatic rings. The van der Waals surface area contributed by atoms with E-state index in [1.54, 1.807) is 23.9 Å². The number of carbonyl (C=O) groups is 2. The lowest BCUT2D eigenvalue weighted by molar-refractivity contribution is -0.124. The molecule has 1 aromatic rings. The van der Waals surface area contributed by atoms with E-state index in [1.807, 2.05) is 6.07 Å². The second-order valence-corrected chi connectivity index (χ2v) is 6.58. The zero-order valence-electron chi connectivity index (χ0n) is 13.0. The van der Waals surface area contributed by atoms with E-state index in [0.717, 1.165) is 18.6 Å². The van der Waals surface area contributed by atoms with Gasteiger partial charge in [-0.3, -0.25) is 4.79 Å². The number of primary amides is 1. The van der Waals surface area contributed by atoms with Crippen LogP contribution in [-0.2, 0) is 10.5 Å². The van der Waals surface area contributed by atoms with Crippen molar-refractivity contribution in [3.8, 4) is 0 Å². The molecule has 3 N–H and O–H groups in total. The Labute approximate surface area is 139 Å². The summed E-state index contributed by atoms with van der Waals surface area (Å²) in [7, 11) is 0. The van der Waals surface area contributed by atoms with Crippen LogP contribution >= 0.6 is 11.8 Å². The van der Waals surface area contributed by atoms with Crippen LogP contribution in [0.15, 0.2) is 24.3 Å². The minimum atomic E-state index is -0.539. The van der Waals surface area contributed by atoms with Gasteiger partial charge in [0.05, 0.1) is 0 Å². The third kappa shape index (κ3) is 5.13. The van der Waals surface area contributed by atoms with E-state index in [1.165, 1.54) is 11.0 Å². The maximum atomic E-state index is 13.4. The summed E-state index contributed by atoms with van der Waals surface area (Å²) in [6.07, 6.45) is 2.27. The van der Waals surface area contributed by atoms with Gasteiger partial charge < -0.3 is 16.0 Å². The largest absolute Gasteiger partial charge is 0.354 e. The fraction of sp³-hybridized carbons (Fsp3) is 0.500. The molecule has 0 aromatic heterocycles. The maximum Gasteiger partial charge on any atom is 0.315 e. The minimum Gasteiger partial charge on any atom is -0.354 e. The van der Waals surface area contributed by atoms with E-state index in [-0.39, 0.29) is 11.7 Å². The molecular weight excluding hydrogens is 317 g/mol. The molecule has 1 saturated heterocycles. The first-order valence-electron chi connectivity index (χ1n) is 7.74. The fourth-order valence-electron chi connectivity index (χ4n) is 2.60. The van der Waals surface area contributed by atoms with Crippen LogP contribution in [0, 0.1) is 5.82 Å². The van der Waals surface area contributed by atoms with Gasteiger partial charge in [-0.15, -0.1) is 0 Å². The smallest absolute Gasteiger partial charge is 0.315 e. The Morgan fingerprint density at radius 2 is 2.17 bits per heavy atom. The summed E-state index contributed by atoms with van der Waals surface area (Å²) in [5, 5.41) is 2.84. The number of halogens is 1. The lowest BCUT2D eigenvalue weighted by atomic mass is 10.2. The van der Waals surface area contributed by atoms with E-state index >= 15 is 0 Å². The number of nitrogens with one attached hydrogen (secondary N) is 1. The monoisotopic (exact) mass is 339 g/mol. The van der Waals surface area contributed by atoms with Gasteiger partial charge in [0, 0.05) is 18.8 Å². The molecule has 7 heteroatoms. The van der Waals surface area contributed by atoms with E-state index in [4.69, 9.17) is 5.73 Å². The van der Waals surface area contributed by atoms with E-state index < -0.39 is 12.1 Å². The minimum absolute atomic E-state index is 0.139. The fourth-order valence-corrected chi connectivity index (χ4v) is 3.55. The molecule has 0 bridgehead atoms. The van der Waals surface area contributed by atoms with Crippen molar-refractivity contribution in [1.82, 2.24) is 10.2 Å². The summed E-state index contributed by atoms with van der Waals surface area (Å²) < 4.78 is 13.4. The highest BCUT2D eigenvalue weighted by atomic mass is 32.2. The van der Waals surface area contributed by atoms with Crippen LogP contribution in [0.3, 0.4) is 0 Å². The van der Waals surface area contributed by atoms with Crippen LogP contribution in [0.5, 0.6) is 0 Å². The molecule has 3 amide bonds. The van der Waals surface area contributed by atoms with E-state index in [2.05, 4.69) is 5.32 Å². The summed E-state index contributed by atoms with van der Waals surface area (Å²) in [6, 6.07) is 5.77. The van der Waals surface area contributed by atoms with Gasteiger partial charge in [-0.2, -0.15) is 11.8 Å². The number of urea groups is 1. The first-order valence-corrected chi connectivity index (χ1v) is 8.90. The Bertz CT molecular complexity index is 556. The Balaban J connectivity index is 1.61. The van der Waals surface area contributed by atoms with Crippen LogP contribution in [0.25, 0.3) is 0 Å². The van der Waals surface area contributed by atoms with Crippen molar-refractivity contribution in [2.45, 2.75) is 31.1 Å². The summed E-state index contributed by atoms with van der Waals surface area (Å²) in [5.41, 5.74) is 5.96. The number of hydrogen-bond acceptors (Lipinski definition) is 3. The zero-order chi connectivity index (χ0) is 16.7. The van der Waals surface area contributed by atoms with Crippen LogP contribution < -0.4 is 11.1 Å². The van der Waals surface area contributed by atoms with Crippen LogP contribution in [0.4, 0.5) is 9.18 Å². The molecule has 1 aliphatic heterocycles. The number of likely N-dealkylation sites (tertiary alicyclic amines) is 1. The summed E-state index contributed by atoms with van der Waals surface area (Å²) >= 11 is 1.63. The first-order chi connectivity index (χ1) is 11.1. The summed E-state index contributed by atoms with van der Waals surface area (Å²) in [5.74, 6) is 1.14. The van der Waals surface area contributed by atoms with Gasteiger partial charge in [-0.1, -0.05) is 18.2 Å². The topological polar surface area (TPSA) is 75.4 Å². The highest BCUT2D eigenvalue weighted by molar-refractivity contribution is 7.98. The lowest BCUT2D eigenvalue weighted by Gasteiger charge is -2.21. The van der Waals surface area contributed by atoms with Gasteiger partial charge in [-0.05, 0) is 36.6 Å². The molecule has 23 heavy (non-hydrogen) atoms. The highest BCUT2D eigenvalue weighted by Gasteiger charge is 2.32. The third-order valence-electron chi connectivity index (χ3n) is 3.82. The van der Waals surface area contributed by atoms with Crippen molar-refractivity contribution in [3.63, 3.8) is 0 Å². The second-order valence-electron chi connectivity index (χ2n) is 5.48. The maximum absolute atomic E-state index is 13.4. The van der Waals surface area contributed by atoms with Gasteiger partial charge in [0.25, 0.3) is 0 Å². The number of rotatable bonds is 7. The average Bonchev–Trinajstić information content (AvgIpc) is 3.02. The van der Waals surface area contributed by atoms with E-state index in [9.17, 15) is 14.0 Å². The number of amides is 3. The number of nitrogens with zero attached hydrogens (tertiary/aromatic N) is 1. The van der Waals surface area contributed by atoms with Crippen LogP contribution in [0.2, 0.25) is 0 Å². The van der Waals surface area contributed by atoms with Crippen molar-refractivity contribution < 1.29 is 14.0 Å². The van der Waals surface area contributed by atoms with Crippen LogP contribution in [0.1, 0.15) is 24.8 Å². The van der Waals surface area contributed by atoms with Gasteiger partial charge in [0.1, 0.15) is 11.9 Å². The SMILES string of the molecule is NC(=O)N1CCC[C@H]1C(=O)NCCCSCc1ccccc1F. The van der Waals surface area contributed by atoms with Crippen molar-refractivity contribution >= 4 is 23.7 Å². The molecular formula is C16H22FN3O2S. The Morgan fingerprint density at radius 1 is 1.39 bits per heavy atom. The van der Waals surface area contributed by atoms with Crippen molar-refractivity contribution in [1.29, 1.82) is 0 Å². The summed E-state index contributed by atoms with van der Waals surface area (Å²) in [4.78, 5) is 24.7. The predicted octanol–water partition coefficient (Wildman–Crippen LogP) is 2.11. The molecule has 0 aliphatic carbocycles. The Morgan fingerprint density at radius 3 is 2.91 bits per heavy atom. The number of hydrogen-bond donors (Lipinski definition) is 2. The lowest BCUT2D eigenvalue weighted by Crippen LogP contribution is -2.48. The van der Waals surface area contributed by atoms with Crippen molar-refractivity contribution in [2.75, 3.05) is 18.8 Å².